The Labute approximate surface area is 113 Å². The summed E-state index contributed by atoms with van der Waals surface area (Å²) < 4.78 is 0.995. The highest BCUT2D eigenvalue weighted by molar-refractivity contribution is 14.1. The lowest BCUT2D eigenvalue weighted by molar-refractivity contribution is 0.316. The molecule has 0 radical (unpaired) electrons. The lowest BCUT2D eigenvalue weighted by Crippen LogP contribution is -2.35. The van der Waals surface area contributed by atoms with Crippen molar-refractivity contribution in [3.63, 3.8) is 0 Å². The van der Waals surface area contributed by atoms with Gasteiger partial charge in [0.25, 0.3) is 0 Å². The third kappa shape index (κ3) is 3.41. The van der Waals surface area contributed by atoms with Gasteiger partial charge in [-0.05, 0) is 47.2 Å². The van der Waals surface area contributed by atoms with Gasteiger partial charge in [0.1, 0.15) is 0 Å². The van der Waals surface area contributed by atoms with Crippen molar-refractivity contribution < 1.29 is 5.21 Å². The van der Waals surface area contributed by atoms with E-state index in [-0.39, 0.29) is 11.9 Å². The van der Waals surface area contributed by atoms with Crippen molar-refractivity contribution in [2.24, 2.45) is 10.9 Å². The lowest BCUT2D eigenvalue weighted by Gasteiger charge is -2.17. The molecule has 0 spiro atoms. The summed E-state index contributed by atoms with van der Waals surface area (Å²) in [6, 6.07) is 5.34. The molecule has 16 heavy (non-hydrogen) atoms. The van der Waals surface area contributed by atoms with Crippen LogP contribution >= 0.6 is 34.2 Å². The number of nitrogens with zero attached hydrogens (tertiary/aromatic N) is 1. The quantitative estimate of drug-likeness (QED) is 0.256. The molecule has 1 aromatic rings. The number of rotatable bonds is 4. The molecule has 0 amide bonds. The van der Waals surface area contributed by atoms with Gasteiger partial charge in [-0.1, -0.05) is 23.7 Å². The van der Waals surface area contributed by atoms with Gasteiger partial charge in [-0.25, -0.2) is 0 Å². The average Bonchev–Trinajstić information content (AvgIpc) is 2.27. The lowest BCUT2D eigenvalue weighted by atomic mass is 10.2. The zero-order valence-corrected chi connectivity index (χ0v) is 11.7. The van der Waals surface area contributed by atoms with Crippen LogP contribution < -0.4 is 11.1 Å². The Morgan fingerprint density at radius 3 is 2.88 bits per heavy atom. The van der Waals surface area contributed by atoms with Crippen molar-refractivity contribution in [3.05, 3.63) is 26.8 Å². The second-order valence-electron chi connectivity index (χ2n) is 3.25. The minimum atomic E-state index is -0.181. The molecule has 0 fully saturated rings. The van der Waals surface area contributed by atoms with Crippen LogP contribution in [0.5, 0.6) is 0 Å². The maximum absolute atomic E-state index is 8.63. The minimum Gasteiger partial charge on any atom is -0.409 e. The minimum absolute atomic E-state index is 0.174. The number of hydrogen-bond acceptors (Lipinski definition) is 3. The molecule has 88 valence electrons. The monoisotopic (exact) mass is 353 g/mol. The summed E-state index contributed by atoms with van der Waals surface area (Å²) in [6.45, 7) is 1.96. The van der Waals surface area contributed by atoms with E-state index in [1.54, 1.807) is 6.07 Å². The number of benzene rings is 1. The number of anilines is 1. The molecular formula is C10H13ClIN3O. The van der Waals surface area contributed by atoms with Gasteiger partial charge < -0.3 is 16.3 Å². The van der Waals surface area contributed by atoms with E-state index in [2.05, 4.69) is 33.1 Å². The molecule has 6 heteroatoms. The number of nitrogens with two attached hydrogens (primary N) is 1. The van der Waals surface area contributed by atoms with Crippen LogP contribution in [0.15, 0.2) is 23.4 Å². The fourth-order valence-corrected chi connectivity index (χ4v) is 2.28. The van der Waals surface area contributed by atoms with Crippen molar-refractivity contribution in [3.8, 4) is 0 Å². The summed E-state index contributed by atoms with van der Waals surface area (Å²) in [5, 5.41) is 15.5. The standard InChI is InChI=1S/C10H13ClIN3O/c1-2-8(10(13)15-16)14-9-4-3-6(11)5-7(9)12/h3-5,8,14,16H,2H2,1H3,(H2,13,15). The first-order valence-electron chi connectivity index (χ1n) is 4.77. The Bertz CT molecular complexity index is 398. The van der Waals surface area contributed by atoms with E-state index >= 15 is 0 Å². The van der Waals surface area contributed by atoms with Gasteiger partial charge in [0.05, 0.1) is 6.04 Å². The SMILES string of the molecule is CCC(Nc1ccc(Cl)cc1I)/C(N)=N/O. The van der Waals surface area contributed by atoms with E-state index in [1.165, 1.54) is 0 Å². The first kappa shape index (κ1) is 13.4. The van der Waals surface area contributed by atoms with Crippen LogP contribution in [-0.4, -0.2) is 17.1 Å². The van der Waals surface area contributed by atoms with Crippen LogP contribution in [0.1, 0.15) is 13.3 Å². The fraction of sp³-hybridized carbons (Fsp3) is 0.300. The number of halogens is 2. The summed E-state index contributed by atoms with van der Waals surface area (Å²) in [5.74, 6) is 0.174. The summed E-state index contributed by atoms with van der Waals surface area (Å²) in [6.07, 6.45) is 0.731. The molecule has 1 atom stereocenters. The second-order valence-corrected chi connectivity index (χ2v) is 4.85. The number of amidine groups is 1. The Morgan fingerprint density at radius 2 is 2.38 bits per heavy atom. The summed E-state index contributed by atoms with van der Waals surface area (Å²) in [4.78, 5) is 0. The third-order valence-electron chi connectivity index (χ3n) is 2.14. The Kier molecular flexibility index (Phi) is 5.14. The number of nitrogens with one attached hydrogen (secondary N) is 1. The van der Waals surface area contributed by atoms with Gasteiger partial charge in [0, 0.05) is 14.3 Å². The summed E-state index contributed by atoms with van der Waals surface area (Å²) in [7, 11) is 0. The Balaban J connectivity index is 2.86. The summed E-state index contributed by atoms with van der Waals surface area (Å²) >= 11 is 8.04. The molecule has 0 saturated heterocycles. The molecule has 4 N–H and O–H groups in total. The van der Waals surface area contributed by atoms with Gasteiger partial charge >= 0.3 is 0 Å². The van der Waals surface area contributed by atoms with Crippen LogP contribution in [0, 0.1) is 3.57 Å². The molecule has 1 unspecified atom stereocenters. The van der Waals surface area contributed by atoms with E-state index < -0.39 is 0 Å². The van der Waals surface area contributed by atoms with Crippen molar-refractivity contribution in [2.45, 2.75) is 19.4 Å². The highest BCUT2D eigenvalue weighted by atomic mass is 127. The molecule has 0 bridgehead atoms. The summed E-state index contributed by atoms with van der Waals surface area (Å²) in [5.41, 5.74) is 6.48. The Morgan fingerprint density at radius 1 is 1.69 bits per heavy atom. The molecule has 0 saturated carbocycles. The van der Waals surface area contributed by atoms with Gasteiger partial charge in [-0.15, -0.1) is 0 Å². The highest BCUT2D eigenvalue weighted by Crippen LogP contribution is 2.23. The van der Waals surface area contributed by atoms with Gasteiger partial charge in [0.2, 0.25) is 0 Å². The van der Waals surface area contributed by atoms with E-state index in [9.17, 15) is 0 Å². The van der Waals surface area contributed by atoms with Gasteiger partial charge in [-0.3, -0.25) is 0 Å². The van der Waals surface area contributed by atoms with Crippen LogP contribution in [0.3, 0.4) is 0 Å². The maximum Gasteiger partial charge on any atom is 0.161 e. The van der Waals surface area contributed by atoms with E-state index in [4.69, 9.17) is 22.5 Å². The number of oxime groups is 1. The topological polar surface area (TPSA) is 70.6 Å². The van der Waals surface area contributed by atoms with Crippen LogP contribution in [0.25, 0.3) is 0 Å². The largest absolute Gasteiger partial charge is 0.409 e. The van der Waals surface area contributed by atoms with Crippen LogP contribution in [-0.2, 0) is 0 Å². The predicted octanol–water partition coefficient (Wildman–Crippen LogP) is 2.88. The van der Waals surface area contributed by atoms with Gasteiger partial charge in [0.15, 0.2) is 5.84 Å². The van der Waals surface area contributed by atoms with Gasteiger partial charge in [-0.2, -0.15) is 0 Å². The molecular weight excluding hydrogens is 340 g/mol. The molecule has 0 aliphatic heterocycles. The van der Waals surface area contributed by atoms with E-state index in [1.807, 2.05) is 19.1 Å². The zero-order valence-electron chi connectivity index (χ0n) is 8.74. The zero-order chi connectivity index (χ0) is 12.1. The molecule has 1 rings (SSSR count). The van der Waals surface area contributed by atoms with Crippen molar-refractivity contribution in [2.75, 3.05) is 5.32 Å². The smallest absolute Gasteiger partial charge is 0.161 e. The second kappa shape index (κ2) is 6.15. The maximum atomic E-state index is 8.63. The van der Waals surface area contributed by atoms with Crippen molar-refractivity contribution in [1.29, 1.82) is 0 Å². The molecule has 0 heterocycles. The third-order valence-corrected chi connectivity index (χ3v) is 3.27. The normalized spacial score (nSPS) is 13.6. The number of hydrogen-bond donors (Lipinski definition) is 3. The molecule has 4 nitrogen and oxygen atoms in total. The van der Waals surface area contributed by atoms with Crippen molar-refractivity contribution >= 4 is 45.7 Å². The van der Waals surface area contributed by atoms with E-state index in [0.717, 1.165) is 15.7 Å². The van der Waals surface area contributed by atoms with Crippen LogP contribution in [0.2, 0.25) is 5.02 Å². The molecule has 0 aliphatic rings. The predicted molar refractivity (Wildman–Crippen MR) is 75.3 cm³/mol. The Hall–Kier alpha value is -0.690. The average molecular weight is 354 g/mol. The first-order valence-corrected chi connectivity index (χ1v) is 6.23. The first-order chi connectivity index (χ1) is 7.58. The van der Waals surface area contributed by atoms with E-state index in [0.29, 0.717) is 5.02 Å². The fourth-order valence-electron chi connectivity index (χ4n) is 1.25. The molecule has 0 aliphatic carbocycles. The molecule has 1 aromatic carbocycles. The van der Waals surface area contributed by atoms with Crippen LogP contribution in [0.4, 0.5) is 5.69 Å². The molecule has 0 aromatic heterocycles. The highest BCUT2D eigenvalue weighted by Gasteiger charge is 2.12. The van der Waals surface area contributed by atoms with Crippen molar-refractivity contribution in [1.82, 2.24) is 0 Å².